The Bertz CT molecular complexity index is 2220. The summed E-state index contributed by atoms with van der Waals surface area (Å²) in [5.41, 5.74) is 5.30. The topological polar surface area (TPSA) is 141 Å². The van der Waals surface area contributed by atoms with E-state index >= 15 is 0 Å². The number of anilines is 1. The van der Waals surface area contributed by atoms with Crippen LogP contribution in [0.25, 0.3) is 22.0 Å². The highest BCUT2D eigenvalue weighted by Gasteiger charge is 2.32. The number of aryl methyl sites for hydroxylation is 1. The van der Waals surface area contributed by atoms with E-state index in [-0.39, 0.29) is 22.6 Å². The van der Waals surface area contributed by atoms with E-state index < -0.39 is 17.4 Å². The highest BCUT2D eigenvalue weighted by molar-refractivity contribution is 6.39. The smallest absolute Gasteiger partial charge is 0.309 e. The molecule has 0 saturated carbocycles. The van der Waals surface area contributed by atoms with Crippen molar-refractivity contribution in [3.05, 3.63) is 122 Å². The fourth-order valence-corrected chi connectivity index (χ4v) is 7.44. The number of rotatable bonds is 10. The molecule has 1 amide bonds. The second kappa shape index (κ2) is 14.5. The predicted octanol–water partition coefficient (Wildman–Crippen LogP) is 5.23. The van der Waals surface area contributed by atoms with Crippen LogP contribution in [-0.2, 0) is 31.4 Å². The van der Waals surface area contributed by atoms with Gasteiger partial charge in [0.05, 0.1) is 39.0 Å². The molecular formula is C38H36Cl2N6O5. The first-order valence-electron chi connectivity index (χ1n) is 16.7. The number of carbonyl (C=O) groups is 2. The van der Waals surface area contributed by atoms with Crippen LogP contribution in [0.3, 0.4) is 0 Å². The van der Waals surface area contributed by atoms with Crippen LogP contribution in [0.5, 0.6) is 0 Å². The number of hydrogen-bond acceptors (Lipinski definition) is 8. The van der Waals surface area contributed by atoms with Gasteiger partial charge < -0.3 is 20.1 Å². The Morgan fingerprint density at radius 1 is 0.941 bits per heavy atom. The van der Waals surface area contributed by atoms with Gasteiger partial charge in [0.15, 0.2) is 0 Å². The number of pyridine rings is 3. The number of nitrogens with one attached hydrogen (secondary N) is 1. The van der Waals surface area contributed by atoms with Crippen molar-refractivity contribution < 1.29 is 19.8 Å². The molecule has 2 fully saturated rings. The van der Waals surface area contributed by atoms with Gasteiger partial charge in [-0.25, -0.2) is 0 Å². The second-order valence-electron chi connectivity index (χ2n) is 13.3. The predicted molar refractivity (Wildman–Crippen MR) is 196 cm³/mol. The molecule has 262 valence electrons. The molecular weight excluding hydrogens is 691 g/mol. The van der Waals surface area contributed by atoms with Gasteiger partial charge in [-0.1, -0.05) is 53.5 Å². The van der Waals surface area contributed by atoms with Gasteiger partial charge >= 0.3 is 5.97 Å². The number of aliphatic hydroxyl groups is 1. The van der Waals surface area contributed by atoms with Gasteiger partial charge in [0.25, 0.3) is 11.5 Å². The minimum atomic E-state index is -0.759. The Kier molecular flexibility index (Phi) is 9.91. The third kappa shape index (κ3) is 7.40. The number of carbonyl (C=O) groups excluding carboxylic acids is 1. The number of likely N-dealkylation sites (tertiary alicyclic amines) is 2. The van der Waals surface area contributed by atoms with Gasteiger partial charge in [0, 0.05) is 87.8 Å². The first kappa shape index (κ1) is 34.8. The average molecular weight is 728 g/mol. The number of amides is 1. The van der Waals surface area contributed by atoms with Crippen molar-refractivity contribution >= 4 is 51.7 Å². The molecule has 51 heavy (non-hydrogen) atoms. The highest BCUT2D eigenvalue weighted by atomic mass is 35.5. The van der Waals surface area contributed by atoms with Crippen molar-refractivity contribution in [1.82, 2.24) is 24.3 Å². The number of benzene rings is 2. The Morgan fingerprint density at radius 3 is 2.43 bits per heavy atom. The molecule has 11 nitrogen and oxygen atoms in total. The summed E-state index contributed by atoms with van der Waals surface area (Å²) in [6, 6.07) is 16.5. The minimum Gasteiger partial charge on any atom is -0.481 e. The summed E-state index contributed by atoms with van der Waals surface area (Å²) in [6.07, 6.45) is 5.99. The molecule has 0 unspecified atom stereocenters. The molecule has 0 spiro atoms. The van der Waals surface area contributed by atoms with Crippen molar-refractivity contribution in [3.8, 4) is 11.1 Å². The van der Waals surface area contributed by atoms with Crippen molar-refractivity contribution in [3.63, 3.8) is 0 Å². The van der Waals surface area contributed by atoms with Crippen LogP contribution in [0.1, 0.15) is 39.2 Å². The fraction of sp³-hybridized carbons (Fsp3) is 0.289. The third-order valence-corrected chi connectivity index (χ3v) is 10.4. The number of nitrogens with zero attached hydrogens (tertiary/aromatic N) is 5. The molecule has 13 heteroatoms. The van der Waals surface area contributed by atoms with Crippen molar-refractivity contribution in [1.29, 1.82) is 0 Å². The number of hydrogen-bond donors (Lipinski definition) is 3. The minimum absolute atomic E-state index is 0.00747. The molecule has 2 aliphatic rings. The maximum Gasteiger partial charge on any atom is 0.309 e. The van der Waals surface area contributed by atoms with Crippen LogP contribution >= 0.6 is 23.2 Å². The summed E-state index contributed by atoms with van der Waals surface area (Å²) in [6.45, 7) is 3.49. The number of halogens is 2. The van der Waals surface area contributed by atoms with E-state index in [1.165, 1.54) is 4.57 Å². The molecule has 3 N–H and O–H groups in total. The number of aliphatic hydroxyl groups excluding tert-OH is 1. The van der Waals surface area contributed by atoms with Crippen molar-refractivity contribution in [2.75, 3.05) is 31.5 Å². The summed E-state index contributed by atoms with van der Waals surface area (Å²) in [4.78, 5) is 51.2. The third-order valence-electron chi connectivity index (χ3n) is 9.56. The molecule has 5 heterocycles. The van der Waals surface area contributed by atoms with Crippen LogP contribution in [0.4, 0.5) is 5.69 Å². The van der Waals surface area contributed by atoms with Crippen LogP contribution < -0.4 is 10.9 Å². The molecule has 0 aliphatic carbocycles. The highest BCUT2D eigenvalue weighted by Crippen LogP contribution is 2.39. The quantitative estimate of drug-likeness (QED) is 0.177. The average Bonchev–Trinajstić information content (AvgIpc) is 3.50. The van der Waals surface area contributed by atoms with Gasteiger partial charge in [-0.15, -0.1) is 0 Å². The number of aliphatic carboxylic acids is 1. The van der Waals surface area contributed by atoms with E-state index in [0.29, 0.717) is 67.4 Å². The second-order valence-corrected chi connectivity index (χ2v) is 14.1. The number of fused-ring (bicyclic) bond motifs is 1. The molecule has 2 aromatic carbocycles. The zero-order chi connectivity index (χ0) is 35.8. The molecule has 0 radical (unpaired) electrons. The Labute approximate surface area is 304 Å². The van der Waals surface area contributed by atoms with Crippen LogP contribution in [-0.4, -0.2) is 78.7 Å². The Hall–Kier alpha value is -4.65. The van der Waals surface area contributed by atoms with Crippen molar-refractivity contribution in [2.24, 2.45) is 13.0 Å². The SMILES string of the molecule is Cn1cc(CN2CC[C@@H](O)C2)cc(C(=O)Nc2cccc(-c3cccc(Cc4nccc5cc(CN6CC(C(=O)O)C6)cnc45)c3Cl)c2Cl)c1=O. The molecule has 2 aliphatic heterocycles. The molecule has 5 aromatic rings. The van der Waals surface area contributed by atoms with Gasteiger partial charge in [-0.3, -0.25) is 34.2 Å². The first-order valence-corrected chi connectivity index (χ1v) is 17.4. The fourth-order valence-electron chi connectivity index (χ4n) is 6.87. The van der Waals surface area contributed by atoms with Gasteiger partial charge in [0.2, 0.25) is 0 Å². The molecule has 0 bridgehead atoms. The lowest BCUT2D eigenvalue weighted by Gasteiger charge is -2.36. The van der Waals surface area contributed by atoms with E-state index in [0.717, 1.165) is 39.8 Å². The zero-order valence-electron chi connectivity index (χ0n) is 27.9. The lowest BCUT2D eigenvalue weighted by molar-refractivity contribution is -0.147. The van der Waals surface area contributed by atoms with Crippen LogP contribution in [0.2, 0.25) is 10.0 Å². The molecule has 7 rings (SSSR count). The Balaban J connectivity index is 1.10. The monoisotopic (exact) mass is 726 g/mol. The summed E-state index contributed by atoms with van der Waals surface area (Å²) < 4.78 is 1.39. The van der Waals surface area contributed by atoms with E-state index in [1.807, 2.05) is 36.5 Å². The number of aromatic nitrogens is 3. The largest absolute Gasteiger partial charge is 0.481 e. The number of carboxylic acids is 1. The van der Waals surface area contributed by atoms with E-state index in [1.54, 1.807) is 37.6 Å². The van der Waals surface area contributed by atoms with E-state index in [9.17, 15) is 24.6 Å². The summed E-state index contributed by atoms with van der Waals surface area (Å²) >= 11 is 14.0. The number of β-amino-alcohol motifs (C(OH)–C–C–N with tert-alkyl or cyclic N) is 1. The standard InChI is InChI=1S/C38H36Cl2N6O5/c1-44-16-23(18-45-11-9-27(47)21-45)13-30(37(44)49)36(48)43-31-7-3-6-29(34(31)40)28-5-2-4-24(33(28)39)14-32-35-25(8-10-41-32)12-22(15-42-35)17-46-19-26(20-46)38(50)51/h2-8,10,12-13,15-16,26-27,47H,9,11,14,17-21H2,1H3,(H,43,48)(H,50,51)/t27-/m1/s1. The van der Waals surface area contributed by atoms with Crippen molar-refractivity contribution in [2.45, 2.75) is 32.0 Å². The molecule has 3 aromatic heterocycles. The Morgan fingerprint density at radius 2 is 1.69 bits per heavy atom. The van der Waals surface area contributed by atoms with Gasteiger partial charge in [-0.2, -0.15) is 0 Å². The van der Waals surface area contributed by atoms with Crippen LogP contribution in [0.15, 0.2) is 78.0 Å². The van der Waals surface area contributed by atoms with E-state index in [4.69, 9.17) is 28.2 Å². The zero-order valence-corrected chi connectivity index (χ0v) is 29.4. The molecule has 2 saturated heterocycles. The maximum atomic E-state index is 13.5. The lowest BCUT2D eigenvalue weighted by Crippen LogP contribution is -2.49. The van der Waals surface area contributed by atoms with Crippen LogP contribution in [0, 0.1) is 5.92 Å². The normalized spacial score (nSPS) is 16.7. The maximum absolute atomic E-state index is 13.5. The van der Waals surface area contributed by atoms with Gasteiger partial charge in [-0.05, 0) is 47.4 Å². The summed E-state index contributed by atoms with van der Waals surface area (Å²) in [7, 11) is 1.61. The molecule has 1 atom stereocenters. The summed E-state index contributed by atoms with van der Waals surface area (Å²) in [5, 5.41) is 23.6. The summed E-state index contributed by atoms with van der Waals surface area (Å²) in [5.74, 6) is -1.65. The first-order chi connectivity index (χ1) is 24.5. The van der Waals surface area contributed by atoms with Gasteiger partial charge in [0.1, 0.15) is 5.56 Å². The number of carboxylic acid groups (broad SMARTS) is 1. The van der Waals surface area contributed by atoms with E-state index in [2.05, 4.69) is 26.2 Å². The lowest BCUT2D eigenvalue weighted by atomic mass is 9.98.